The zero-order chi connectivity index (χ0) is 16.7. The van der Waals surface area contributed by atoms with Crippen LogP contribution in [0, 0.1) is 6.92 Å². The molecule has 0 radical (unpaired) electrons. The molecule has 0 saturated carbocycles. The number of nitrogen functional groups attached to an aromatic ring is 2. The highest BCUT2D eigenvalue weighted by molar-refractivity contribution is 5.86. The fraction of sp³-hybridized carbons (Fsp3) is 0.312. The van der Waals surface area contributed by atoms with E-state index in [-0.39, 0.29) is 5.95 Å². The lowest BCUT2D eigenvalue weighted by Gasteiger charge is -2.29. The third-order valence-corrected chi connectivity index (χ3v) is 4.24. The Morgan fingerprint density at radius 2 is 1.92 bits per heavy atom. The van der Waals surface area contributed by atoms with Gasteiger partial charge in [0.2, 0.25) is 5.95 Å². The van der Waals surface area contributed by atoms with Crippen molar-refractivity contribution >= 4 is 28.6 Å². The van der Waals surface area contributed by atoms with E-state index >= 15 is 0 Å². The molecule has 124 valence electrons. The van der Waals surface area contributed by atoms with Crippen LogP contribution in [0.15, 0.2) is 18.2 Å². The van der Waals surface area contributed by atoms with Crippen molar-refractivity contribution in [2.75, 3.05) is 42.7 Å². The van der Waals surface area contributed by atoms with E-state index in [9.17, 15) is 0 Å². The van der Waals surface area contributed by atoms with Crippen molar-refractivity contribution in [2.45, 2.75) is 6.92 Å². The van der Waals surface area contributed by atoms with Gasteiger partial charge in [-0.3, -0.25) is 0 Å². The fourth-order valence-electron chi connectivity index (χ4n) is 3.00. The van der Waals surface area contributed by atoms with Crippen LogP contribution in [0.25, 0.3) is 22.6 Å². The SMILES string of the molecule is Cc1cc(N2CCOCC2)ccc1-c1nc2nc(N)nc(N)c2[nH]1. The first kappa shape index (κ1) is 14.7. The van der Waals surface area contributed by atoms with E-state index in [2.05, 4.69) is 50.0 Å². The van der Waals surface area contributed by atoms with Gasteiger partial charge in [0, 0.05) is 24.3 Å². The molecule has 0 unspecified atom stereocenters. The van der Waals surface area contributed by atoms with Crippen LogP contribution in [0.4, 0.5) is 17.5 Å². The number of fused-ring (bicyclic) bond motifs is 1. The largest absolute Gasteiger partial charge is 0.382 e. The zero-order valence-electron chi connectivity index (χ0n) is 13.4. The molecule has 0 aliphatic carbocycles. The molecule has 5 N–H and O–H groups in total. The number of rotatable bonds is 2. The Balaban J connectivity index is 1.72. The minimum Gasteiger partial charge on any atom is -0.382 e. The Kier molecular flexibility index (Phi) is 3.46. The number of ether oxygens (including phenoxy) is 1. The van der Waals surface area contributed by atoms with Crippen molar-refractivity contribution in [3.8, 4) is 11.4 Å². The van der Waals surface area contributed by atoms with Gasteiger partial charge in [0.1, 0.15) is 11.3 Å². The number of hydrogen-bond donors (Lipinski definition) is 3. The molecule has 4 rings (SSSR count). The molecule has 0 bridgehead atoms. The topological polar surface area (TPSA) is 119 Å². The maximum absolute atomic E-state index is 5.89. The quantitative estimate of drug-likeness (QED) is 0.650. The summed E-state index contributed by atoms with van der Waals surface area (Å²) in [5, 5.41) is 0. The molecule has 1 aliphatic rings. The molecule has 1 aliphatic heterocycles. The van der Waals surface area contributed by atoms with Crippen molar-refractivity contribution < 1.29 is 4.74 Å². The molecule has 1 saturated heterocycles. The van der Waals surface area contributed by atoms with Gasteiger partial charge in [0.15, 0.2) is 11.5 Å². The molecule has 24 heavy (non-hydrogen) atoms. The first-order chi connectivity index (χ1) is 11.6. The van der Waals surface area contributed by atoms with Gasteiger partial charge in [-0.15, -0.1) is 0 Å². The zero-order valence-corrected chi connectivity index (χ0v) is 13.4. The third-order valence-electron chi connectivity index (χ3n) is 4.24. The molecule has 2 aromatic heterocycles. The summed E-state index contributed by atoms with van der Waals surface area (Å²) < 4.78 is 5.41. The van der Waals surface area contributed by atoms with Gasteiger partial charge in [-0.2, -0.15) is 9.97 Å². The van der Waals surface area contributed by atoms with Crippen LogP contribution in [0.2, 0.25) is 0 Å². The summed E-state index contributed by atoms with van der Waals surface area (Å²) in [4.78, 5) is 18.1. The number of H-pyrrole nitrogens is 1. The normalized spacial score (nSPS) is 15.1. The number of aryl methyl sites for hydroxylation is 1. The molecular weight excluding hydrogens is 306 g/mol. The van der Waals surface area contributed by atoms with Crippen molar-refractivity contribution in [3.05, 3.63) is 23.8 Å². The molecule has 8 nitrogen and oxygen atoms in total. The van der Waals surface area contributed by atoms with Crippen LogP contribution in [-0.4, -0.2) is 46.2 Å². The van der Waals surface area contributed by atoms with Crippen molar-refractivity contribution in [3.63, 3.8) is 0 Å². The number of anilines is 3. The van der Waals surface area contributed by atoms with Gasteiger partial charge in [-0.05, 0) is 30.7 Å². The standard InChI is InChI=1S/C16H19N7O/c1-9-8-10(23-4-6-24-7-5-23)2-3-11(9)14-19-12-13(17)20-16(18)22-15(12)21-14/h2-3,8H,4-7H2,1H3,(H5,17,18,19,20,21,22). The van der Waals surface area contributed by atoms with Crippen LogP contribution in [0.5, 0.6) is 0 Å². The predicted molar refractivity (Wildman–Crippen MR) is 93.7 cm³/mol. The van der Waals surface area contributed by atoms with Crippen molar-refractivity contribution in [1.82, 2.24) is 19.9 Å². The molecule has 1 fully saturated rings. The molecule has 0 atom stereocenters. The molecule has 1 aromatic carbocycles. The van der Waals surface area contributed by atoms with E-state index in [1.807, 2.05) is 0 Å². The summed E-state index contributed by atoms with van der Waals surface area (Å²) >= 11 is 0. The number of aromatic amines is 1. The summed E-state index contributed by atoms with van der Waals surface area (Å²) in [6.45, 7) is 5.42. The highest BCUT2D eigenvalue weighted by Crippen LogP contribution is 2.28. The predicted octanol–water partition coefficient (Wildman–Crippen LogP) is 1.33. The van der Waals surface area contributed by atoms with E-state index < -0.39 is 0 Å². The number of benzene rings is 1. The van der Waals surface area contributed by atoms with Crippen LogP contribution in [-0.2, 0) is 4.74 Å². The first-order valence-electron chi connectivity index (χ1n) is 7.84. The summed E-state index contributed by atoms with van der Waals surface area (Å²) in [6.07, 6.45) is 0. The van der Waals surface area contributed by atoms with Crippen LogP contribution < -0.4 is 16.4 Å². The van der Waals surface area contributed by atoms with Crippen LogP contribution in [0.1, 0.15) is 5.56 Å². The summed E-state index contributed by atoms with van der Waals surface area (Å²) in [5.74, 6) is 1.14. The number of imidazole rings is 1. The van der Waals surface area contributed by atoms with Gasteiger partial charge in [0.25, 0.3) is 0 Å². The van der Waals surface area contributed by atoms with Crippen molar-refractivity contribution in [2.24, 2.45) is 0 Å². The summed E-state index contributed by atoms with van der Waals surface area (Å²) in [6, 6.07) is 6.33. The number of nitrogens with one attached hydrogen (secondary N) is 1. The number of hydrogen-bond acceptors (Lipinski definition) is 7. The molecule has 3 aromatic rings. The van der Waals surface area contributed by atoms with E-state index in [0.717, 1.165) is 37.4 Å². The van der Waals surface area contributed by atoms with Crippen LogP contribution >= 0.6 is 0 Å². The second-order valence-corrected chi connectivity index (χ2v) is 5.85. The van der Waals surface area contributed by atoms with E-state index in [1.54, 1.807) is 0 Å². The molecule has 3 heterocycles. The van der Waals surface area contributed by atoms with Gasteiger partial charge in [0.05, 0.1) is 13.2 Å². The van der Waals surface area contributed by atoms with E-state index in [4.69, 9.17) is 16.2 Å². The average Bonchev–Trinajstić information content (AvgIpc) is 2.99. The van der Waals surface area contributed by atoms with Crippen LogP contribution in [0.3, 0.4) is 0 Å². The van der Waals surface area contributed by atoms with Crippen molar-refractivity contribution in [1.29, 1.82) is 0 Å². The van der Waals surface area contributed by atoms with Gasteiger partial charge in [-0.25, -0.2) is 4.98 Å². The monoisotopic (exact) mass is 325 g/mol. The van der Waals surface area contributed by atoms with Gasteiger partial charge < -0.3 is 26.1 Å². The summed E-state index contributed by atoms with van der Waals surface area (Å²) in [5.41, 5.74) is 15.9. The Bertz CT molecular complexity index is 899. The maximum atomic E-state index is 5.89. The van der Waals surface area contributed by atoms with E-state index in [0.29, 0.717) is 22.8 Å². The molecule has 8 heteroatoms. The number of morpholine rings is 1. The Morgan fingerprint density at radius 3 is 2.67 bits per heavy atom. The molecule has 0 amide bonds. The highest BCUT2D eigenvalue weighted by Gasteiger charge is 2.15. The number of nitrogens with two attached hydrogens (primary N) is 2. The Hall–Kier alpha value is -2.87. The summed E-state index contributed by atoms with van der Waals surface area (Å²) in [7, 11) is 0. The fourth-order valence-corrected chi connectivity index (χ4v) is 3.00. The average molecular weight is 325 g/mol. The maximum Gasteiger partial charge on any atom is 0.224 e. The second kappa shape index (κ2) is 5.64. The van der Waals surface area contributed by atoms with Gasteiger partial charge in [-0.1, -0.05) is 0 Å². The minimum atomic E-state index is 0.123. The smallest absolute Gasteiger partial charge is 0.224 e. The Morgan fingerprint density at radius 1 is 1.12 bits per heavy atom. The van der Waals surface area contributed by atoms with E-state index in [1.165, 1.54) is 5.69 Å². The lowest BCUT2D eigenvalue weighted by atomic mass is 10.1. The molecule has 0 spiro atoms. The second-order valence-electron chi connectivity index (χ2n) is 5.85. The third kappa shape index (κ3) is 2.50. The van der Waals surface area contributed by atoms with Gasteiger partial charge >= 0.3 is 0 Å². The highest BCUT2D eigenvalue weighted by atomic mass is 16.5. The lowest BCUT2D eigenvalue weighted by Crippen LogP contribution is -2.36. The molecular formula is C16H19N7O. The lowest BCUT2D eigenvalue weighted by molar-refractivity contribution is 0.122. The first-order valence-corrected chi connectivity index (χ1v) is 7.84. The number of aromatic nitrogens is 4. The number of nitrogens with zero attached hydrogens (tertiary/aromatic N) is 4. The Labute approximate surface area is 138 Å². The minimum absolute atomic E-state index is 0.123.